The average Bonchev–Trinajstić information content (AvgIpc) is 2.31. The van der Waals surface area contributed by atoms with Crippen molar-refractivity contribution in [2.24, 2.45) is 0 Å². The predicted molar refractivity (Wildman–Crippen MR) is 74.9 cm³/mol. The van der Waals surface area contributed by atoms with E-state index >= 15 is 0 Å². The topological polar surface area (TPSA) is 29.5 Å². The molecule has 0 aliphatic heterocycles. The van der Waals surface area contributed by atoms with E-state index in [2.05, 4.69) is 0 Å². The van der Waals surface area contributed by atoms with Gasteiger partial charge in [0.05, 0.1) is 0 Å². The van der Waals surface area contributed by atoms with Gasteiger partial charge in [0.2, 0.25) is 0 Å². The van der Waals surface area contributed by atoms with E-state index < -0.39 is 0 Å². The van der Waals surface area contributed by atoms with E-state index in [1.165, 1.54) is 42.9 Å². The van der Waals surface area contributed by atoms with Crippen LogP contribution in [0.3, 0.4) is 0 Å². The summed E-state index contributed by atoms with van der Waals surface area (Å²) in [5, 5.41) is 8.59. The molecule has 0 atom stereocenters. The molecule has 0 heterocycles. The molecule has 0 saturated carbocycles. The van der Waals surface area contributed by atoms with Crippen LogP contribution in [-0.4, -0.2) is 30.7 Å². The highest BCUT2D eigenvalue weighted by Crippen LogP contribution is 2.10. The third-order valence-corrected chi connectivity index (χ3v) is 3.42. The summed E-state index contributed by atoms with van der Waals surface area (Å²) in [6.45, 7) is 2.11. The number of unbranched alkanes of at least 4 members (excludes halogenated alkanes) is 6. The summed E-state index contributed by atoms with van der Waals surface area (Å²) in [6.07, 6.45) is 9.33. The zero-order valence-corrected chi connectivity index (χ0v) is 11.8. The van der Waals surface area contributed by atoms with Crippen molar-refractivity contribution in [2.45, 2.75) is 51.4 Å². The molecule has 0 aliphatic rings. The first-order chi connectivity index (χ1) is 7.91. The van der Waals surface area contributed by atoms with E-state index in [0.717, 1.165) is 38.2 Å². The second-order valence-corrected chi connectivity index (χ2v) is 5.34. The molecule has 0 aliphatic carbocycles. The summed E-state index contributed by atoms with van der Waals surface area (Å²) in [4.78, 5) is 0. The Balaban J connectivity index is 2.83. The fraction of sp³-hybridized carbons (Fsp3) is 1.00. The second-order valence-electron chi connectivity index (χ2n) is 3.99. The Kier molecular flexibility index (Phi) is 16.2. The summed E-state index contributed by atoms with van der Waals surface area (Å²) in [7, 11) is 1.52. The van der Waals surface area contributed by atoms with Crippen LogP contribution in [0.4, 0.5) is 0 Å². The Morgan fingerprint density at radius 3 is 1.94 bits per heavy atom. The van der Waals surface area contributed by atoms with Crippen LogP contribution in [0.25, 0.3) is 0 Å². The highest BCUT2D eigenvalue weighted by Gasteiger charge is 1.92. The first-order valence-corrected chi connectivity index (χ1v) is 8.26. The average molecular weight is 265 g/mol. The van der Waals surface area contributed by atoms with Crippen molar-refractivity contribution in [1.82, 2.24) is 0 Å². The zero-order valence-electron chi connectivity index (χ0n) is 10.2. The van der Waals surface area contributed by atoms with Crippen molar-refractivity contribution in [3.63, 3.8) is 0 Å². The van der Waals surface area contributed by atoms with E-state index in [1.807, 2.05) is 0 Å². The molecule has 0 aromatic rings. The van der Waals surface area contributed by atoms with Gasteiger partial charge >= 0.3 is 0 Å². The Labute approximate surface area is 109 Å². The van der Waals surface area contributed by atoms with Crippen molar-refractivity contribution < 1.29 is 9.84 Å². The van der Waals surface area contributed by atoms with Gasteiger partial charge in [0.15, 0.2) is 0 Å². The maximum atomic E-state index is 8.59. The molecule has 0 unspecified atom stereocenters. The smallest absolute Gasteiger partial charge is 0.0466 e. The normalized spacial score (nSPS) is 10.9. The highest BCUT2D eigenvalue weighted by atomic mass is 33.1. The molecule has 0 saturated heterocycles. The van der Waals surface area contributed by atoms with Crippen LogP contribution < -0.4 is 0 Å². The molecule has 0 amide bonds. The largest absolute Gasteiger partial charge is 0.396 e. The van der Waals surface area contributed by atoms with Crippen molar-refractivity contribution in [2.75, 3.05) is 25.6 Å². The molecule has 16 heavy (non-hydrogen) atoms. The molecule has 2 nitrogen and oxygen atoms in total. The van der Waals surface area contributed by atoms with E-state index in [4.69, 9.17) is 21.5 Å². The van der Waals surface area contributed by atoms with Crippen molar-refractivity contribution in [1.29, 1.82) is 0 Å². The molecule has 0 aromatic heterocycles. The lowest BCUT2D eigenvalue weighted by molar-refractivity contribution is 0.125. The van der Waals surface area contributed by atoms with E-state index in [1.54, 1.807) is 0 Å². The van der Waals surface area contributed by atoms with Gasteiger partial charge in [-0.25, -0.2) is 0 Å². The van der Waals surface area contributed by atoms with E-state index in [9.17, 15) is 0 Å². The summed E-state index contributed by atoms with van der Waals surface area (Å²) in [5.41, 5.74) is 0. The van der Waals surface area contributed by atoms with Crippen molar-refractivity contribution >= 4 is 22.5 Å². The van der Waals surface area contributed by atoms with E-state index in [0.29, 0.717) is 6.61 Å². The monoisotopic (exact) mass is 265 g/mol. The van der Waals surface area contributed by atoms with Gasteiger partial charge in [0, 0.05) is 25.6 Å². The van der Waals surface area contributed by atoms with Crippen LogP contribution in [-0.2, 0) is 4.74 Å². The fourth-order valence-corrected chi connectivity index (χ4v) is 2.17. The lowest BCUT2D eigenvalue weighted by atomic mass is 10.2. The number of aliphatic hydroxyl groups is 1. The Bertz CT molecular complexity index is 110. The predicted octanol–water partition coefficient (Wildman–Crippen LogP) is 3.96. The molecular weight excluding hydrogens is 240 g/mol. The number of hydrogen-bond donors (Lipinski definition) is 1. The lowest BCUT2D eigenvalue weighted by Crippen LogP contribution is -1.97. The Hall–Kier alpha value is 0.620. The molecule has 0 spiro atoms. The maximum absolute atomic E-state index is 8.59. The molecule has 97 valence electrons. The number of hydrogen-bond acceptors (Lipinski definition) is 3. The molecular formula is C12H25O2S2. The molecule has 0 rings (SSSR count). The van der Waals surface area contributed by atoms with Crippen LogP contribution in [0.2, 0.25) is 0 Å². The fourth-order valence-electron chi connectivity index (χ4n) is 1.49. The molecule has 4 heteroatoms. The van der Waals surface area contributed by atoms with Gasteiger partial charge in [-0.15, -0.1) is 0 Å². The van der Waals surface area contributed by atoms with Gasteiger partial charge in [-0.05, 0) is 37.3 Å². The molecule has 0 bridgehead atoms. The van der Waals surface area contributed by atoms with Crippen LogP contribution in [0.1, 0.15) is 51.4 Å². The summed E-state index contributed by atoms with van der Waals surface area (Å²) < 4.78 is 5.53. The Morgan fingerprint density at radius 2 is 1.38 bits per heavy atom. The van der Waals surface area contributed by atoms with Gasteiger partial charge in [0.1, 0.15) is 0 Å². The van der Waals surface area contributed by atoms with Gasteiger partial charge < -0.3 is 9.84 Å². The first-order valence-electron chi connectivity index (χ1n) is 6.35. The third-order valence-electron chi connectivity index (χ3n) is 2.46. The minimum atomic E-state index is 0.323. The van der Waals surface area contributed by atoms with E-state index in [-0.39, 0.29) is 0 Å². The van der Waals surface area contributed by atoms with Crippen molar-refractivity contribution in [3.05, 3.63) is 0 Å². The number of ether oxygens (including phenoxy) is 1. The highest BCUT2D eigenvalue weighted by molar-refractivity contribution is 8.68. The van der Waals surface area contributed by atoms with Crippen LogP contribution in [0.5, 0.6) is 0 Å². The van der Waals surface area contributed by atoms with Gasteiger partial charge in [-0.1, -0.05) is 36.5 Å². The SMILES string of the molecule is OCCCCCCOCCCCCCS[S]. The summed E-state index contributed by atoms with van der Waals surface area (Å²) >= 11 is 4.81. The summed E-state index contributed by atoms with van der Waals surface area (Å²) in [6, 6.07) is 0. The second kappa shape index (κ2) is 15.6. The third kappa shape index (κ3) is 14.6. The lowest BCUT2D eigenvalue weighted by Gasteiger charge is -2.04. The van der Waals surface area contributed by atoms with Crippen LogP contribution in [0.15, 0.2) is 0 Å². The maximum Gasteiger partial charge on any atom is 0.0466 e. The standard InChI is InChI=1S/C12H25O2S2/c13-9-5-1-2-6-10-14-11-7-3-4-8-12-16-15/h13H,1-12H2. The first kappa shape index (κ1) is 16.6. The number of rotatable bonds is 13. The molecule has 0 aromatic carbocycles. The minimum absolute atomic E-state index is 0.323. The summed E-state index contributed by atoms with van der Waals surface area (Å²) in [5.74, 6) is 1.11. The van der Waals surface area contributed by atoms with Gasteiger partial charge in [-0.3, -0.25) is 0 Å². The Morgan fingerprint density at radius 1 is 0.812 bits per heavy atom. The molecule has 0 fully saturated rings. The van der Waals surface area contributed by atoms with Gasteiger partial charge in [-0.2, -0.15) is 0 Å². The minimum Gasteiger partial charge on any atom is -0.396 e. The van der Waals surface area contributed by atoms with Crippen LogP contribution >= 0.6 is 22.5 Å². The molecule has 1 radical (unpaired) electrons. The zero-order chi connectivity index (χ0) is 11.9. The van der Waals surface area contributed by atoms with Gasteiger partial charge in [0.25, 0.3) is 0 Å². The molecule has 1 N–H and O–H groups in total. The van der Waals surface area contributed by atoms with Crippen LogP contribution in [0, 0.1) is 0 Å². The quantitative estimate of drug-likeness (QED) is 0.404. The number of aliphatic hydroxyl groups excluding tert-OH is 1. The van der Waals surface area contributed by atoms with Crippen molar-refractivity contribution in [3.8, 4) is 0 Å².